The van der Waals surface area contributed by atoms with Crippen LogP contribution in [0.15, 0.2) is 0 Å². The molecule has 0 amide bonds. The molecule has 0 radical (unpaired) electrons. The van der Waals surface area contributed by atoms with E-state index in [0.29, 0.717) is 0 Å². The molecule has 0 atom stereocenters. The van der Waals surface area contributed by atoms with E-state index in [2.05, 4.69) is 20.9 Å². The Morgan fingerprint density at radius 1 is 1.25 bits per heavy atom. The van der Waals surface area contributed by atoms with Gasteiger partial charge in [-0.3, -0.25) is 0 Å². The maximum absolute atomic E-state index is 2.28. The Labute approximate surface area is 65.2 Å². The molecule has 0 saturated carbocycles. The molecule has 0 aromatic rings. The second kappa shape index (κ2) is 19.7. The zero-order valence-corrected chi connectivity index (χ0v) is 5.53. The summed E-state index contributed by atoms with van der Waals surface area (Å²) in [5, 5.41) is 0. The van der Waals surface area contributed by atoms with Crippen LogP contribution in [0.1, 0.15) is 0 Å². The standard InChI is InChI=1S/Al.Au.BH2.Ti.3H/h;;1H2;;;;/q;-1;+1;;;;. The number of rotatable bonds is 0. The van der Waals surface area contributed by atoms with Crippen molar-refractivity contribution in [3.05, 3.63) is 0 Å². The molecule has 0 spiro atoms. The molecule has 0 aromatic heterocycles. The van der Waals surface area contributed by atoms with Crippen molar-refractivity contribution in [1.29, 1.82) is 0 Å². The molecule has 0 N–H and O–H groups in total. The topological polar surface area (TPSA) is 0 Å². The van der Waals surface area contributed by atoms with Gasteiger partial charge >= 0.3 is 26.8 Å². The van der Waals surface area contributed by atoms with Crippen molar-refractivity contribution in [2.75, 3.05) is 0 Å². The molecule has 0 aromatic carbocycles. The van der Waals surface area contributed by atoms with Gasteiger partial charge in [-0.1, -0.05) is 0 Å². The summed E-state index contributed by atoms with van der Waals surface area (Å²) in [6.07, 6.45) is 0. The first kappa shape index (κ1) is 16.6. The first-order chi connectivity index (χ1) is 1.00. The van der Waals surface area contributed by atoms with Crippen molar-refractivity contribution in [1.82, 2.24) is 0 Å². The van der Waals surface area contributed by atoms with Gasteiger partial charge in [-0.15, -0.1) is 0 Å². The van der Waals surface area contributed by atoms with Crippen molar-refractivity contribution in [3.63, 3.8) is 0 Å². The molecule has 0 aliphatic heterocycles. The van der Waals surface area contributed by atoms with Crippen LogP contribution in [0.3, 0.4) is 0 Å². The van der Waals surface area contributed by atoms with Crippen LogP contribution in [0.4, 0.5) is 0 Å². The van der Waals surface area contributed by atoms with Crippen LogP contribution in [0.5, 0.6) is 0 Å². The maximum Gasteiger partial charge on any atom is 0 e. The summed E-state index contributed by atoms with van der Waals surface area (Å²) < 4.78 is 0. The molecular formula is H5AlAuBTi. The molecule has 0 rings (SSSR count). The summed E-state index contributed by atoms with van der Waals surface area (Å²) in [5.74, 6) is 1.94. The SMILES string of the molecule is [AlH3].[BH2][Au].[Ti]. The van der Waals surface area contributed by atoms with Crippen molar-refractivity contribution in [3.8, 4) is 0 Å². The molecule has 0 aliphatic rings. The average molecular weight is 288 g/mol. The van der Waals surface area contributed by atoms with Gasteiger partial charge in [0, 0.05) is 21.7 Å². The average Bonchev–Trinajstić information content (AvgIpc) is 1.00. The van der Waals surface area contributed by atoms with Crippen LogP contribution in [0.25, 0.3) is 0 Å². The number of hydrogen-bond donors (Lipinski definition) is 0. The molecule has 4 heteroatoms. The Morgan fingerprint density at radius 2 is 1.25 bits per heavy atom. The summed E-state index contributed by atoms with van der Waals surface area (Å²) >= 11 is 2.28. The summed E-state index contributed by atoms with van der Waals surface area (Å²) in [5.41, 5.74) is 0. The maximum atomic E-state index is 2.28. The van der Waals surface area contributed by atoms with Gasteiger partial charge in [0.2, 0.25) is 0 Å². The fraction of sp³-hybridized carbons (Fsp3) is 0. The molecule has 26 valence electrons. The first-order valence-corrected chi connectivity index (χ1v) is 2.47. The van der Waals surface area contributed by atoms with E-state index in [1.807, 2.05) is 5.93 Å². The van der Waals surface area contributed by atoms with Crippen molar-refractivity contribution in [2.45, 2.75) is 0 Å². The second-order valence-electron chi connectivity index (χ2n) is 0. The minimum atomic E-state index is 0. The van der Waals surface area contributed by atoms with E-state index in [1.54, 1.807) is 0 Å². The smallest absolute Gasteiger partial charge is 0 e. The van der Waals surface area contributed by atoms with Gasteiger partial charge in [-0.25, -0.2) is 0 Å². The molecule has 0 unspecified atom stereocenters. The van der Waals surface area contributed by atoms with Crippen LogP contribution >= 0.6 is 0 Å². The van der Waals surface area contributed by atoms with Crippen LogP contribution in [-0.2, 0) is 42.6 Å². The summed E-state index contributed by atoms with van der Waals surface area (Å²) in [4.78, 5) is 0. The van der Waals surface area contributed by atoms with Crippen LogP contribution in [0, 0.1) is 0 Å². The van der Waals surface area contributed by atoms with Crippen molar-refractivity contribution in [2.24, 2.45) is 0 Å². The molecule has 0 bridgehead atoms. The third-order valence-electron chi connectivity index (χ3n) is 0. The molecule has 0 nitrogen and oxygen atoms in total. The van der Waals surface area contributed by atoms with E-state index >= 15 is 0 Å². The number of hydrogen-bond acceptors (Lipinski definition) is 0. The molecule has 0 fully saturated rings. The molecule has 0 heterocycles. The predicted molar refractivity (Wildman–Crippen MR) is 18.5 cm³/mol. The summed E-state index contributed by atoms with van der Waals surface area (Å²) in [6.45, 7) is 0. The summed E-state index contributed by atoms with van der Waals surface area (Å²) in [6, 6.07) is 0. The summed E-state index contributed by atoms with van der Waals surface area (Å²) in [7, 11) is 0. The monoisotopic (exact) mass is 288 g/mol. The Bertz CT molecular complexity index is 8.00. The van der Waals surface area contributed by atoms with E-state index < -0.39 is 0 Å². The zero-order chi connectivity index (χ0) is 2.00. The fourth-order valence-electron chi connectivity index (χ4n) is 0. The van der Waals surface area contributed by atoms with E-state index in [1.165, 1.54) is 0 Å². The van der Waals surface area contributed by atoms with Gasteiger partial charge < -0.3 is 0 Å². The van der Waals surface area contributed by atoms with E-state index in [4.69, 9.17) is 0 Å². The second-order valence-corrected chi connectivity index (χ2v) is 0. The van der Waals surface area contributed by atoms with Gasteiger partial charge in [0.15, 0.2) is 17.4 Å². The van der Waals surface area contributed by atoms with E-state index in [9.17, 15) is 0 Å². The van der Waals surface area contributed by atoms with Crippen molar-refractivity contribution < 1.29 is 42.6 Å². The van der Waals surface area contributed by atoms with Crippen LogP contribution in [-0.4, -0.2) is 23.3 Å². The quantitative estimate of drug-likeness (QED) is 0.448. The predicted octanol–water partition coefficient (Wildman–Crippen LogP) is -2.11. The fourth-order valence-corrected chi connectivity index (χ4v) is 0. The third-order valence-corrected chi connectivity index (χ3v) is 0. The largest absolute Gasteiger partial charge is 0 e. The van der Waals surface area contributed by atoms with Gasteiger partial charge in [-0.05, 0) is 0 Å². The van der Waals surface area contributed by atoms with Crippen molar-refractivity contribution >= 4 is 23.3 Å². The zero-order valence-electron chi connectivity index (χ0n) is 1.80. The van der Waals surface area contributed by atoms with Gasteiger partial charge in [0.05, 0.1) is 0 Å². The Hall–Kier alpha value is 2.05. The Morgan fingerprint density at radius 3 is 1.25 bits per heavy atom. The Balaban J connectivity index is -0.00000000500. The van der Waals surface area contributed by atoms with Crippen LogP contribution in [0.2, 0.25) is 0 Å². The Kier molecular flexibility index (Phi) is 81.7. The normalized spacial score (nSPS) is 1.50. The third kappa shape index (κ3) is 8.96. The molecule has 0 aliphatic carbocycles. The minimum absolute atomic E-state index is 0. The van der Waals surface area contributed by atoms with E-state index in [-0.39, 0.29) is 39.1 Å². The van der Waals surface area contributed by atoms with Gasteiger partial charge in [0.1, 0.15) is 0 Å². The van der Waals surface area contributed by atoms with Gasteiger partial charge in [0.25, 0.3) is 0 Å². The first-order valence-electron chi connectivity index (χ1n) is 0.302. The molecular weight excluding hydrogens is 283 g/mol. The van der Waals surface area contributed by atoms with Gasteiger partial charge in [-0.2, -0.15) is 0 Å². The van der Waals surface area contributed by atoms with Crippen LogP contribution < -0.4 is 0 Å². The molecule has 0 saturated heterocycles. The minimum Gasteiger partial charge on any atom is 0 e. The van der Waals surface area contributed by atoms with E-state index in [0.717, 1.165) is 0 Å². The molecule has 4 heavy (non-hydrogen) atoms.